The normalized spacial score (nSPS) is 16.2. The number of aliphatic imine (C=N–C) groups is 1. The molecule has 0 amide bonds. The summed E-state index contributed by atoms with van der Waals surface area (Å²) in [7, 11) is 5.44. The zero-order valence-electron chi connectivity index (χ0n) is 17.1. The number of hydrogen-bond acceptors (Lipinski definition) is 5. The van der Waals surface area contributed by atoms with Gasteiger partial charge in [-0.3, -0.25) is 0 Å². The molecule has 0 radical (unpaired) electrons. The van der Waals surface area contributed by atoms with Gasteiger partial charge in [-0.2, -0.15) is 0 Å². The summed E-state index contributed by atoms with van der Waals surface area (Å²) in [5.74, 6) is 2.54. The number of nitrogens with one attached hydrogen (secondary N) is 2. The third-order valence-electron chi connectivity index (χ3n) is 5.29. The minimum absolute atomic E-state index is 0. The summed E-state index contributed by atoms with van der Waals surface area (Å²) >= 11 is 0. The average molecular weight is 494 g/mol. The summed E-state index contributed by atoms with van der Waals surface area (Å²) in [5.41, 5.74) is 0.307. The van der Waals surface area contributed by atoms with Crippen molar-refractivity contribution in [3.05, 3.63) is 11.6 Å². The van der Waals surface area contributed by atoms with Crippen molar-refractivity contribution in [2.24, 2.45) is 17.5 Å². The number of methoxy groups -OCH3 is 2. The van der Waals surface area contributed by atoms with Gasteiger partial charge in [-0.05, 0) is 31.6 Å². The van der Waals surface area contributed by atoms with Gasteiger partial charge in [0.05, 0.1) is 6.61 Å². The Balaban J connectivity index is 0.00000364. The lowest BCUT2D eigenvalue weighted by Crippen LogP contribution is -2.44. The number of nitrogens with zero attached hydrogens (tertiary/aromatic N) is 4. The van der Waals surface area contributed by atoms with Crippen molar-refractivity contribution in [1.82, 2.24) is 25.4 Å². The van der Waals surface area contributed by atoms with Gasteiger partial charge in [0.1, 0.15) is 12.4 Å². The highest BCUT2D eigenvalue weighted by atomic mass is 127. The molecule has 0 aromatic carbocycles. The number of halogens is 1. The Hall–Kier alpha value is -0.940. The van der Waals surface area contributed by atoms with Gasteiger partial charge < -0.3 is 24.7 Å². The fourth-order valence-corrected chi connectivity index (χ4v) is 3.41. The van der Waals surface area contributed by atoms with Crippen LogP contribution in [-0.4, -0.2) is 61.2 Å². The van der Waals surface area contributed by atoms with Crippen molar-refractivity contribution in [3.63, 3.8) is 0 Å². The molecule has 2 N–H and O–H groups in total. The molecule has 0 bridgehead atoms. The second-order valence-corrected chi connectivity index (χ2v) is 7.11. The number of guanidine groups is 1. The van der Waals surface area contributed by atoms with Crippen LogP contribution in [0.3, 0.4) is 0 Å². The predicted molar refractivity (Wildman–Crippen MR) is 118 cm³/mol. The predicted octanol–water partition coefficient (Wildman–Crippen LogP) is 2.02. The van der Waals surface area contributed by atoms with Crippen LogP contribution in [-0.2, 0) is 23.1 Å². The summed E-state index contributed by atoms with van der Waals surface area (Å²) in [6.07, 6.45) is 6.18. The van der Waals surface area contributed by atoms with Gasteiger partial charge in [0.25, 0.3) is 0 Å². The molecule has 1 heterocycles. The maximum absolute atomic E-state index is 5.33. The molecule has 27 heavy (non-hydrogen) atoms. The van der Waals surface area contributed by atoms with E-state index in [0.717, 1.165) is 37.2 Å². The Morgan fingerprint density at radius 2 is 1.85 bits per heavy atom. The minimum atomic E-state index is 0. The first-order valence-electron chi connectivity index (χ1n) is 9.45. The van der Waals surface area contributed by atoms with Gasteiger partial charge in [-0.25, -0.2) is 4.99 Å². The molecular formula is C18H35IN6O2. The van der Waals surface area contributed by atoms with E-state index in [9.17, 15) is 0 Å². The van der Waals surface area contributed by atoms with Crippen LogP contribution in [0.4, 0.5) is 0 Å². The van der Waals surface area contributed by atoms with E-state index in [-0.39, 0.29) is 24.0 Å². The fourth-order valence-electron chi connectivity index (χ4n) is 3.41. The topological polar surface area (TPSA) is 85.6 Å². The second kappa shape index (κ2) is 12.5. The van der Waals surface area contributed by atoms with Gasteiger partial charge in [0, 0.05) is 41.0 Å². The monoisotopic (exact) mass is 494 g/mol. The molecule has 1 aromatic rings. The lowest BCUT2D eigenvalue weighted by atomic mass is 9.83. The van der Waals surface area contributed by atoms with Gasteiger partial charge in [-0.15, -0.1) is 34.2 Å². The van der Waals surface area contributed by atoms with E-state index in [1.165, 1.54) is 25.7 Å². The highest BCUT2D eigenvalue weighted by Crippen LogP contribution is 2.40. The molecular weight excluding hydrogens is 459 g/mol. The smallest absolute Gasteiger partial charge is 0.191 e. The molecule has 0 saturated heterocycles. The van der Waals surface area contributed by atoms with Crippen molar-refractivity contribution in [1.29, 1.82) is 0 Å². The molecule has 0 spiro atoms. The summed E-state index contributed by atoms with van der Waals surface area (Å²) in [5, 5.41) is 15.2. The number of aromatic nitrogens is 3. The molecule has 0 atom stereocenters. The average Bonchev–Trinajstić information content (AvgIpc) is 3.24. The molecule has 9 heteroatoms. The molecule has 2 rings (SSSR count). The van der Waals surface area contributed by atoms with Crippen molar-refractivity contribution in [2.45, 2.75) is 45.6 Å². The quantitative estimate of drug-likeness (QED) is 0.224. The molecule has 8 nitrogen and oxygen atoms in total. The molecule has 1 aliphatic carbocycles. The molecule has 1 aliphatic rings. The first-order chi connectivity index (χ1) is 12.6. The maximum Gasteiger partial charge on any atom is 0.191 e. The number of hydrogen-bond donors (Lipinski definition) is 2. The van der Waals surface area contributed by atoms with Crippen molar-refractivity contribution < 1.29 is 9.47 Å². The van der Waals surface area contributed by atoms with Crippen LogP contribution in [0.15, 0.2) is 4.99 Å². The van der Waals surface area contributed by atoms with Gasteiger partial charge >= 0.3 is 0 Å². The Morgan fingerprint density at radius 3 is 2.44 bits per heavy atom. The number of rotatable bonds is 10. The van der Waals surface area contributed by atoms with Crippen LogP contribution in [0.2, 0.25) is 0 Å². The Bertz CT molecular complexity index is 572. The summed E-state index contributed by atoms with van der Waals surface area (Å²) in [4.78, 5) is 4.70. The Morgan fingerprint density at radius 1 is 1.15 bits per heavy atom. The third kappa shape index (κ3) is 7.53. The minimum Gasteiger partial charge on any atom is -0.385 e. The maximum atomic E-state index is 5.33. The standard InChI is InChI=1S/C18H34N6O2.HI/c1-15-22-23-16(24(15)2)13-20-17(19-10-12-26-4)21-14-18(9-11-25-3)7-5-6-8-18;/h5-14H2,1-4H3,(H2,19,20,21);1H. The fraction of sp³-hybridized carbons (Fsp3) is 0.833. The molecule has 0 aliphatic heterocycles. The van der Waals surface area contributed by atoms with Crippen LogP contribution in [0, 0.1) is 12.3 Å². The van der Waals surface area contributed by atoms with Crippen LogP contribution in [0.5, 0.6) is 0 Å². The van der Waals surface area contributed by atoms with Gasteiger partial charge in [-0.1, -0.05) is 12.8 Å². The van der Waals surface area contributed by atoms with Crippen molar-refractivity contribution in [3.8, 4) is 0 Å². The largest absolute Gasteiger partial charge is 0.385 e. The van der Waals surface area contributed by atoms with E-state index in [1.54, 1.807) is 14.2 Å². The van der Waals surface area contributed by atoms with E-state index in [1.807, 2.05) is 18.5 Å². The van der Waals surface area contributed by atoms with Crippen LogP contribution in [0.25, 0.3) is 0 Å². The van der Waals surface area contributed by atoms with Crippen LogP contribution in [0.1, 0.15) is 43.8 Å². The van der Waals surface area contributed by atoms with E-state index in [2.05, 4.69) is 20.8 Å². The Labute approximate surface area is 179 Å². The Kier molecular flexibility index (Phi) is 11.2. The van der Waals surface area contributed by atoms with E-state index in [4.69, 9.17) is 14.5 Å². The zero-order valence-corrected chi connectivity index (χ0v) is 19.4. The lowest BCUT2D eigenvalue weighted by Gasteiger charge is -2.30. The number of aryl methyl sites for hydroxylation is 1. The number of ether oxygens (including phenoxy) is 2. The van der Waals surface area contributed by atoms with Crippen molar-refractivity contribution in [2.75, 3.05) is 40.5 Å². The van der Waals surface area contributed by atoms with E-state index in [0.29, 0.717) is 25.1 Å². The molecule has 0 unspecified atom stereocenters. The molecule has 156 valence electrons. The first kappa shape index (κ1) is 24.1. The summed E-state index contributed by atoms with van der Waals surface area (Å²) < 4.78 is 12.4. The van der Waals surface area contributed by atoms with Crippen LogP contribution < -0.4 is 10.6 Å². The molecule has 1 fully saturated rings. The first-order valence-corrected chi connectivity index (χ1v) is 9.45. The zero-order chi connectivity index (χ0) is 18.8. The van der Waals surface area contributed by atoms with Crippen LogP contribution >= 0.6 is 24.0 Å². The SMILES string of the molecule is COCCNC(=NCc1nnc(C)n1C)NCC1(CCOC)CCCC1.I. The second-order valence-electron chi connectivity index (χ2n) is 7.11. The highest BCUT2D eigenvalue weighted by molar-refractivity contribution is 14.0. The van der Waals surface area contributed by atoms with E-state index >= 15 is 0 Å². The third-order valence-corrected chi connectivity index (χ3v) is 5.29. The summed E-state index contributed by atoms with van der Waals surface area (Å²) in [6.45, 7) is 5.50. The van der Waals surface area contributed by atoms with Gasteiger partial charge in [0.2, 0.25) is 0 Å². The highest BCUT2D eigenvalue weighted by Gasteiger charge is 2.33. The lowest BCUT2D eigenvalue weighted by molar-refractivity contribution is 0.138. The van der Waals surface area contributed by atoms with Crippen molar-refractivity contribution >= 4 is 29.9 Å². The summed E-state index contributed by atoms with van der Waals surface area (Å²) in [6, 6.07) is 0. The molecule has 1 aromatic heterocycles. The van der Waals surface area contributed by atoms with Gasteiger partial charge in [0.15, 0.2) is 11.8 Å². The molecule has 1 saturated carbocycles. The van der Waals surface area contributed by atoms with E-state index < -0.39 is 0 Å².